The molecule has 0 bridgehead atoms. The molecule has 1 heterocycles. The van der Waals surface area contributed by atoms with Gasteiger partial charge in [-0.05, 0) is 56.9 Å². The summed E-state index contributed by atoms with van der Waals surface area (Å²) >= 11 is 12.6. The molecule has 1 unspecified atom stereocenters. The molecule has 0 fully saturated rings. The lowest BCUT2D eigenvalue weighted by Gasteiger charge is -2.21. The molecule has 2 aromatic rings. The molecule has 1 aromatic heterocycles. The van der Waals surface area contributed by atoms with Gasteiger partial charge in [-0.25, -0.2) is 0 Å². The van der Waals surface area contributed by atoms with Crippen molar-refractivity contribution in [1.29, 1.82) is 0 Å². The first-order chi connectivity index (χ1) is 9.49. The number of nitrogens with zero attached hydrogens (tertiary/aromatic N) is 1. The van der Waals surface area contributed by atoms with Gasteiger partial charge in [-0.15, -0.1) is 0 Å². The lowest BCUT2D eigenvalue weighted by atomic mass is 9.95. The molecule has 0 amide bonds. The van der Waals surface area contributed by atoms with E-state index in [2.05, 4.69) is 10.6 Å². The van der Waals surface area contributed by atoms with Crippen LogP contribution in [0.15, 0.2) is 18.2 Å². The molecule has 2 nitrogen and oxygen atoms in total. The third kappa shape index (κ3) is 2.16. The lowest BCUT2D eigenvalue weighted by Crippen LogP contribution is -2.11. The molecule has 0 spiro atoms. The van der Waals surface area contributed by atoms with Gasteiger partial charge in [0.25, 0.3) is 0 Å². The molecular weight excluding hydrogens is 293 g/mol. The summed E-state index contributed by atoms with van der Waals surface area (Å²) in [6, 6.07) is 5.86. The largest absolute Gasteiger partial charge is 0.388 e. The second-order valence-electron chi connectivity index (χ2n) is 5.48. The van der Waals surface area contributed by atoms with Gasteiger partial charge in [0.1, 0.15) is 0 Å². The predicted molar refractivity (Wildman–Crippen MR) is 83.2 cm³/mol. The Bertz CT molecular complexity index is 676. The van der Waals surface area contributed by atoms with Crippen molar-refractivity contribution < 1.29 is 5.11 Å². The highest BCUT2D eigenvalue weighted by molar-refractivity contribution is 6.35. The number of aliphatic hydroxyl groups is 1. The Morgan fingerprint density at radius 1 is 1.15 bits per heavy atom. The Hall–Kier alpha value is -0.960. The van der Waals surface area contributed by atoms with Crippen LogP contribution in [0.2, 0.25) is 10.0 Å². The van der Waals surface area contributed by atoms with Crippen LogP contribution in [0.4, 0.5) is 0 Å². The van der Waals surface area contributed by atoms with Gasteiger partial charge in [0.05, 0.1) is 16.8 Å². The van der Waals surface area contributed by atoms with Crippen molar-refractivity contribution in [3.8, 4) is 5.69 Å². The van der Waals surface area contributed by atoms with E-state index in [0.717, 1.165) is 47.5 Å². The lowest BCUT2D eigenvalue weighted by molar-refractivity contribution is 0.156. The van der Waals surface area contributed by atoms with Crippen molar-refractivity contribution in [1.82, 2.24) is 4.57 Å². The SMILES string of the molecule is Cc1cc(Cl)c(-n2c(C)cc3c2CCCC3O)cc1Cl. The van der Waals surface area contributed by atoms with Gasteiger partial charge >= 0.3 is 0 Å². The summed E-state index contributed by atoms with van der Waals surface area (Å²) in [4.78, 5) is 0. The van der Waals surface area contributed by atoms with E-state index in [0.29, 0.717) is 10.0 Å². The number of aromatic nitrogens is 1. The highest BCUT2D eigenvalue weighted by Gasteiger charge is 2.24. The van der Waals surface area contributed by atoms with E-state index in [9.17, 15) is 5.11 Å². The zero-order valence-corrected chi connectivity index (χ0v) is 13.1. The smallest absolute Gasteiger partial charge is 0.0807 e. The van der Waals surface area contributed by atoms with E-state index in [-0.39, 0.29) is 6.10 Å². The molecule has 0 radical (unpaired) electrons. The average Bonchev–Trinajstić information content (AvgIpc) is 2.72. The van der Waals surface area contributed by atoms with E-state index in [1.807, 2.05) is 26.0 Å². The molecule has 4 heteroatoms. The van der Waals surface area contributed by atoms with Crippen LogP contribution in [0.5, 0.6) is 0 Å². The third-order valence-electron chi connectivity index (χ3n) is 4.04. The fraction of sp³-hybridized carbons (Fsp3) is 0.375. The maximum atomic E-state index is 10.1. The Labute approximate surface area is 128 Å². The maximum absolute atomic E-state index is 10.1. The number of halogens is 2. The Morgan fingerprint density at radius 2 is 1.90 bits per heavy atom. The van der Waals surface area contributed by atoms with E-state index >= 15 is 0 Å². The van der Waals surface area contributed by atoms with Crippen molar-refractivity contribution in [3.63, 3.8) is 0 Å². The molecule has 1 aromatic carbocycles. The molecule has 3 rings (SSSR count). The van der Waals surface area contributed by atoms with Crippen molar-refractivity contribution in [3.05, 3.63) is 50.8 Å². The number of aryl methyl sites for hydroxylation is 2. The second kappa shape index (κ2) is 5.10. The highest BCUT2D eigenvalue weighted by Crippen LogP contribution is 2.37. The standard InChI is InChI=1S/C16H17Cl2NO/c1-9-6-13(18)15(8-12(9)17)19-10(2)7-11-14(19)4-3-5-16(11)20/h6-8,16,20H,3-5H2,1-2H3. The van der Waals surface area contributed by atoms with Crippen molar-refractivity contribution >= 4 is 23.2 Å². The van der Waals surface area contributed by atoms with Crippen LogP contribution in [-0.4, -0.2) is 9.67 Å². The number of hydrogen-bond donors (Lipinski definition) is 1. The fourth-order valence-electron chi connectivity index (χ4n) is 3.02. The zero-order chi connectivity index (χ0) is 14.4. The molecule has 0 aliphatic heterocycles. The first-order valence-electron chi connectivity index (χ1n) is 6.84. The van der Waals surface area contributed by atoms with Crippen LogP contribution in [0.1, 0.15) is 41.5 Å². The summed E-state index contributed by atoms with van der Waals surface area (Å²) in [5.74, 6) is 0. The van der Waals surface area contributed by atoms with Crippen molar-refractivity contribution in [2.75, 3.05) is 0 Å². The monoisotopic (exact) mass is 309 g/mol. The second-order valence-corrected chi connectivity index (χ2v) is 6.30. The Kier molecular flexibility index (Phi) is 3.57. The first-order valence-corrected chi connectivity index (χ1v) is 7.60. The molecule has 1 N–H and O–H groups in total. The van der Waals surface area contributed by atoms with Gasteiger partial charge in [0.15, 0.2) is 0 Å². The molecule has 1 aliphatic carbocycles. The van der Waals surface area contributed by atoms with Crippen LogP contribution in [-0.2, 0) is 6.42 Å². The molecule has 0 saturated heterocycles. The predicted octanol–water partition coefficient (Wildman–Crippen LogP) is 4.77. The summed E-state index contributed by atoms with van der Waals surface area (Å²) in [5, 5.41) is 11.5. The van der Waals surface area contributed by atoms with Crippen molar-refractivity contribution in [2.45, 2.75) is 39.2 Å². The van der Waals surface area contributed by atoms with Crippen LogP contribution in [0, 0.1) is 13.8 Å². The highest BCUT2D eigenvalue weighted by atomic mass is 35.5. The maximum Gasteiger partial charge on any atom is 0.0807 e. The Morgan fingerprint density at radius 3 is 2.65 bits per heavy atom. The minimum absolute atomic E-state index is 0.363. The topological polar surface area (TPSA) is 25.2 Å². The van der Waals surface area contributed by atoms with Crippen molar-refractivity contribution in [2.24, 2.45) is 0 Å². The van der Waals surface area contributed by atoms with E-state index < -0.39 is 0 Å². The van der Waals surface area contributed by atoms with Gasteiger partial charge in [-0.3, -0.25) is 0 Å². The van der Waals surface area contributed by atoms with Gasteiger partial charge in [0.2, 0.25) is 0 Å². The molecule has 20 heavy (non-hydrogen) atoms. The molecule has 1 aliphatic rings. The average molecular weight is 310 g/mol. The summed E-state index contributed by atoms with van der Waals surface area (Å²) in [6.45, 7) is 3.98. The molecular formula is C16H17Cl2NO. The number of aliphatic hydroxyl groups excluding tert-OH is 1. The quantitative estimate of drug-likeness (QED) is 0.806. The minimum atomic E-state index is -0.363. The molecule has 1 atom stereocenters. The van der Waals surface area contributed by atoms with Crippen LogP contribution >= 0.6 is 23.2 Å². The third-order valence-corrected chi connectivity index (χ3v) is 4.75. The van der Waals surface area contributed by atoms with Gasteiger partial charge in [0, 0.05) is 22.0 Å². The molecule has 0 saturated carbocycles. The first kappa shape index (κ1) is 14.0. The fourth-order valence-corrected chi connectivity index (χ4v) is 3.48. The van der Waals surface area contributed by atoms with E-state index in [4.69, 9.17) is 23.2 Å². The number of rotatable bonds is 1. The Balaban J connectivity index is 2.23. The normalized spacial score (nSPS) is 18.1. The van der Waals surface area contributed by atoms with Crippen LogP contribution < -0.4 is 0 Å². The summed E-state index contributed by atoms with van der Waals surface area (Å²) in [7, 11) is 0. The summed E-state index contributed by atoms with van der Waals surface area (Å²) < 4.78 is 2.13. The minimum Gasteiger partial charge on any atom is -0.388 e. The summed E-state index contributed by atoms with van der Waals surface area (Å²) in [5.41, 5.74) is 5.14. The van der Waals surface area contributed by atoms with Gasteiger partial charge in [-0.1, -0.05) is 23.2 Å². The number of benzene rings is 1. The van der Waals surface area contributed by atoms with Crippen LogP contribution in [0.25, 0.3) is 5.69 Å². The number of hydrogen-bond acceptors (Lipinski definition) is 1. The van der Waals surface area contributed by atoms with Gasteiger partial charge in [-0.2, -0.15) is 0 Å². The summed E-state index contributed by atoms with van der Waals surface area (Å²) in [6.07, 6.45) is 2.42. The van der Waals surface area contributed by atoms with E-state index in [1.165, 1.54) is 0 Å². The van der Waals surface area contributed by atoms with Gasteiger partial charge < -0.3 is 9.67 Å². The zero-order valence-electron chi connectivity index (χ0n) is 11.6. The van der Waals surface area contributed by atoms with Crippen LogP contribution in [0.3, 0.4) is 0 Å². The van der Waals surface area contributed by atoms with E-state index in [1.54, 1.807) is 0 Å². The molecule has 106 valence electrons. The number of fused-ring (bicyclic) bond motifs is 1.